The molecular weight excluding hydrogens is 324 g/mol. The van der Waals surface area contributed by atoms with E-state index in [-0.39, 0.29) is 6.61 Å². The van der Waals surface area contributed by atoms with Gasteiger partial charge in [-0.05, 0) is 17.7 Å². The normalized spacial score (nSPS) is 16.7. The monoisotopic (exact) mass is 338 g/mol. The molecule has 0 saturated heterocycles. The van der Waals surface area contributed by atoms with E-state index >= 15 is 0 Å². The Morgan fingerprint density at radius 2 is 1.96 bits per heavy atom. The zero-order valence-corrected chi connectivity index (χ0v) is 13.5. The van der Waals surface area contributed by atoms with Gasteiger partial charge < -0.3 is 9.57 Å². The summed E-state index contributed by atoms with van der Waals surface area (Å²) in [5.41, 5.74) is 2.64. The number of para-hydroxylation sites is 1. The minimum atomic E-state index is -0.686. The van der Waals surface area contributed by atoms with Crippen LogP contribution >= 0.6 is 11.3 Å². The van der Waals surface area contributed by atoms with Crippen LogP contribution in [0.2, 0.25) is 0 Å². The van der Waals surface area contributed by atoms with Gasteiger partial charge in [0.25, 0.3) is 0 Å². The number of hydrogen-bond donors (Lipinski definition) is 0. The lowest BCUT2D eigenvalue weighted by molar-refractivity contribution is -0.156. The highest BCUT2D eigenvalue weighted by molar-refractivity contribution is 7.18. The molecule has 0 fully saturated rings. The molecule has 1 aromatic heterocycles. The minimum Gasteiger partial charge on any atom is -0.455 e. The molecule has 0 saturated carbocycles. The zero-order chi connectivity index (χ0) is 16.4. The third-order valence-corrected chi connectivity index (χ3v) is 4.72. The third kappa shape index (κ3) is 3.00. The van der Waals surface area contributed by atoms with Crippen LogP contribution in [0.1, 0.15) is 17.0 Å². The number of carbonyl (C=O) groups excluding carboxylic acids is 1. The lowest BCUT2D eigenvalue weighted by atomic mass is 10.1. The molecule has 0 aliphatic carbocycles. The van der Waals surface area contributed by atoms with Gasteiger partial charge in [0.1, 0.15) is 11.6 Å². The summed E-state index contributed by atoms with van der Waals surface area (Å²) < 4.78 is 6.42. The Balaban J connectivity index is 1.36. The highest BCUT2D eigenvalue weighted by Gasteiger charge is 2.30. The summed E-state index contributed by atoms with van der Waals surface area (Å²) in [6.45, 7) is 0.151. The maximum Gasteiger partial charge on any atom is 0.351 e. The number of hydrogen-bond acceptors (Lipinski definition) is 6. The molecule has 5 nitrogen and oxygen atoms in total. The number of rotatable bonds is 4. The van der Waals surface area contributed by atoms with Gasteiger partial charge in [0.05, 0.1) is 15.9 Å². The number of aromatic nitrogens is 1. The van der Waals surface area contributed by atoms with E-state index in [1.165, 1.54) is 11.3 Å². The molecule has 1 aliphatic heterocycles. The van der Waals surface area contributed by atoms with E-state index in [0.29, 0.717) is 6.42 Å². The van der Waals surface area contributed by atoms with Crippen LogP contribution in [0, 0.1) is 0 Å². The van der Waals surface area contributed by atoms with Crippen molar-refractivity contribution in [3.63, 3.8) is 0 Å². The van der Waals surface area contributed by atoms with Gasteiger partial charge in [-0.2, -0.15) is 0 Å². The van der Waals surface area contributed by atoms with Gasteiger partial charge in [-0.3, -0.25) is 0 Å². The Hall–Kier alpha value is -2.73. The van der Waals surface area contributed by atoms with Crippen molar-refractivity contribution in [3.05, 3.63) is 65.2 Å². The second-order valence-corrected chi connectivity index (χ2v) is 6.50. The predicted octanol–water partition coefficient (Wildman–Crippen LogP) is 3.53. The van der Waals surface area contributed by atoms with Gasteiger partial charge >= 0.3 is 5.97 Å². The summed E-state index contributed by atoms with van der Waals surface area (Å²) in [6, 6.07) is 17.5. The largest absolute Gasteiger partial charge is 0.455 e. The molecule has 3 aromatic rings. The maximum atomic E-state index is 12.2. The number of thiazole rings is 1. The van der Waals surface area contributed by atoms with E-state index < -0.39 is 12.1 Å². The first-order chi connectivity index (χ1) is 11.8. The molecule has 0 radical (unpaired) electrons. The van der Waals surface area contributed by atoms with E-state index in [1.807, 2.05) is 54.6 Å². The molecule has 1 aliphatic rings. The summed E-state index contributed by atoms with van der Waals surface area (Å²) >= 11 is 1.52. The highest BCUT2D eigenvalue weighted by atomic mass is 32.1. The second kappa shape index (κ2) is 6.41. The second-order valence-electron chi connectivity index (χ2n) is 5.39. The van der Waals surface area contributed by atoms with Crippen molar-refractivity contribution in [2.75, 3.05) is 0 Å². The Morgan fingerprint density at radius 3 is 2.79 bits per heavy atom. The quantitative estimate of drug-likeness (QED) is 0.683. The van der Waals surface area contributed by atoms with Crippen LogP contribution in [0.25, 0.3) is 10.2 Å². The molecule has 4 rings (SSSR count). The topological polar surface area (TPSA) is 60.8 Å². The lowest BCUT2D eigenvalue weighted by Gasteiger charge is -2.07. The molecule has 24 heavy (non-hydrogen) atoms. The van der Waals surface area contributed by atoms with Gasteiger partial charge in [0.2, 0.25) is 6.10 Å². The van der Waals surface area contributed by atoms with Gasteiger partial charge in [-0.1, -0.05) is 47.6 Å². The minimum absolute atomic E-state index is 0.151. The number of fused-ring (bicyclic) bond motifs is 1. The smallest absolute Gasteiger partial charge is 0.351 e. The summed E-state index contributed by atoms with van der Waals surface area (Å²) in [5, 5.41) is 4.77. The van der Waals surface area contributed by atoms with E-state index in [0.717, 1.165) is 26.5 Å². The molecule has 0 amide bonds. The summed E-state index contributed by atoms with van der Waals surface area (Å²) in [6.07, 6.45) is -0.266. The van der Waals surface area contributed by atoms with E-state index in [1.54, 1.807) is 0 Å². The van der Waals surface area contributed by atoms with Crippen LogP contribution in [0.3, 0.4) is 0 Å². The molecule has 120 valence electrons. The summed E-state index contributed by atoms with van der Waals surface area (Å²) in [7, 11) is 0. The van der Waals surface area contributed by atoms with Crippen molar-refractivity contribution < 1.29 is 14.4 Å². The Bertz CT molecular complexity index is 872. The van der Waals surface area contributed by atoms with Gasteiger partial charge in [0, 0.05) is 6.42 Å². The SMILES string of the molecule is O=C(OCc1nc2ccccc2s1)[C@@H]1CC(c2ccccc2)=NO1. The Labute approximate surface area is 142 Å². The van der Waals surface area contributed by atoms with Gasteiger partial charge in [0.15, 0.2) is 0 Å². The fraction of sp³-hybridized carbons (Fsp3) is 0.167. The molecule has 2 heterocycles. The predicted molar refractivity (Wildman–Crippen MR) is 91.9 cm³/mol. The molecule has 0 N–H and O–H groups in total. The van der Waals surface area contributed by atoms with Crippen LogP contribution in [-0.2, 0) is 21.0 Å². The number of esters is 1. The fourth-order valence-electron chi connectivity index (χ4n) is 2.51. The van der Waals surface area contributed by atoms with Crippen LogP contribution < -0.4 is 0 Å². The van der Waals surface area contributed by atoms with Crippen LogP contribution in [0.5, 0.6) is 0 Å². The summed E-state index contributed by atoms with van der Waals surface area (Å²) in [4.78, 5) is 21.8. The van der Waals surface area contributed by atoms with E-state index in [2.05, 4.69) is 10.1 Å². The third-order valence-electron chi connectivity index (χ3n) is 3.71. The number of carbonyl (C=O) groups is 1. The van der Waals surface area contributed by atoms with Crippen molar-refractivity contribution >= 4 is 33.2 Å². The average molecular weight is 338 g/mol. The van der Waals surface area contributed by atoms with E-state index in [9.17, 15) is 4.79 Å². The number of ether oxygens (including phenoxy) is 1. The van der Waals surface area contributed by atoms with Crippen molar-refractivity contribution in [3.8, 4) is 0 Å². The van der Waals surface area contributed by atoms with Crippen molar-refractivity contribution in [2.45, 2.75) is 19.1 Å². The molecular formula is C18H14N2O3S. The van der Waals surface area contributed by atoms with Crippen molar-refractivity contribution in [1.29, 1.82) is 0 Å². The molecule has 2 aromatic carbocycles. The first-order valence-corrected chi connectivity index (χ1v) is 8.40. The lowest BCUT2D eigenvalue weighted by Crippen LogP contribution is -2.23. The van der Waals surface area contributed by atoms with Gasteiger partial charge in [-0.25, -0.2) is 9.78 Å². The van der Waals surface area contributed by atoms with Crippen LogP contribution in [-0.4, -0.2) is 22.8 Å². The number of oxime groups is 1. The summed E-state index contributed by atoms with van der Waals surface area (Å²) in [5.74, 6) is -0.413. The van der Waals surface area contributed by atoms with E-state index in [4.69, 9.17) is 9.57 Å². The molecule has 1 atom stereocenters. The van der Waals surface area contributed by atoms with Crippen molar-refractivity contribution in [1.82, 2.24) is 4.98 Å². The molecule has 0 bridgehead atoms. The maximum absolute atomic E-state index is 12.2. The molecule has 0 spiro atoms. The van der Waals surface area contributed by atoms with Crippen LogP contribution in [0.15, 0.2) is 59.8 Å². The standard InChI is InChI=1S/C18H14N2O3S/c21-18(15-10-14(20-23-15)12-6-2-1-3-7-12)22-11-17-19-13-8-4-5-9-16(13)24-17/h1-9,15H,10-11H2/t15-/m0/s1. The fourth-order valence-corrected chi connectivity index (χ4v) is 3.39. The number of nitrogens with zero attached hydrogens (tertiary/aromatic N) is 2. The first kappa shape index (κ1) is 14.8. The van der Waals surface area contributed by atoms with Crippen molar-refractivity contribution in [2.24, 2.45) is 5.16 Å². The Kier molecular flexibility index (Phi) is 3.96. The Morgan fingerprint density at radius 1 is 1.17 bits per heavy atom. The highest BCUT2D eigenvalue weighted by Crippen LogP contribution is 2.23. The molecule has 0 unspecified atom stereocenters. The first-order valence-electron chi connectivity index (χ1n) is 7.59. The zero-order valence-electron chi connectivity index (χ0n) is 12.7. The van der Waals surface area contributed by atoms with Crippen LogP contribution in [0.4, 0.5) is 0 Å². The number of benzene rings is 2. The van der Waals surface area contributed by atoms with Gasteiger partial charge in [-0.15, -0.1) is 11.3 Å². The average Bonchev–Trinajstić information content (AvgIpc) is 3.27. The molecule has 6 heteroatoms.